The molecule has 1 atom stereocenters. The van der Waals surface area contributed by atoms with Crippen LogP contribution in [0.1, 0.15) is 24.8 Å². The molecule has 1 aromatic rings. The Morgan fingerprint density at radius 2 is 2.18 bits per heavy atom. The van der Waals surface area contributed by atoms with Crippen LogP contribution >= 0.6 is 11.3 Å². The number of sulfone groups is 1. The van der Waals surface area contributed by atoms with Gasteiger partial charge >= 0.3 is 0 Å². The Balaban J connectivity index is 1.76. The first-order valence-electron chi connectivity index (χ1n) is 7.59. The van der Waals surface area contributed by atoms with Crippen molar-refractivity contribution in [2.45, 2.75) is 31.8 Å². The Labute approximate surface area is 135 Å². The molecule has 1 amide bonds. The summed E-state index contributed by atoms with van der Waals surface area (Å²) in [4.78, 5) is 14.3. The van der Waals surface area contributed by atoms with Gasteiger partial charge in [-0.1, -0.05) is 0 Å². The average Bonchev–Trinajstić information content (AvgIpc) is 2.87. The van der Waals surface area contributed by atoms with Gasteiger partial charge in [0.15, 0.2) is 9.84 Å². The predicted molar refractivity (Wildman–Crippen MR) is 87.5 cm³/mol. The van der Waals surface area contributed by atoms with Gasteiger partial charge in [0.05, 0.1) is 0 Å². The molecule has 7 heteroatoms. The van der Waals surface area contributed by atoms with Crippen LogP contribution in [0.5, 0.6) is 0 Å². The summed E-state index contributed by atoms with van der Waals surface area (Å²) in [7, 11) is -3.30. The van der Waals surface area contributed by atoms with Crippen molar-refractivity contribution in [1.82, 2.24) is 10.2 Å². The number of hydrogen-bond acceptors (Lipinski definition) is 5. The fraction of sp³-hybridized carbons (Fsp3) is 0.667. The quantitative estimate of drug-likeness (QED) is 0.875. The van der Waals surface area contributed by atoms with Crippen LogP contribution < -0.4 is 5.32 Å². The van der Waals surface area contributed by atoms with Crippen molar-refractivity contribution in [2.75, 3.05) is 25.1 Å². The first-order valence-corrected chi connectivity index (χ1v) is 10.6. The molecule has 1 aliphatic carbocycles. The molecular weight excluding hydrogens is 320 g/mol. The summed E-state index contributed by atoms with van der Waals surface area (Å²) >= 11 is 1.60. The van der Waals surface area contributed by atoms with E-state index in [1.54, 1.807) is 11.3 Å². The Morgan fingerprint density at radius 1 is 1.45 bits per heavy atom. The number of nitrogens with zero attached hydrogens (tertiary/aromatic N) is 1. The molecule has 22 heavy (non-hydrogen) atoms. The number of carbonyl (C=O) groups is 1. The Hall–Kier alpha value is -0.920. The van der Waals surface area contributed by atoms with E-state index >= 15 is 0 Å². The number of hydrogen-bond donors (Lipinski definition) is 1. The molecule has 1 aromatic heterocycles. The van der Waals surface area contributed by atoms with Crippen LogP contribution in [0.2, 0.25) is 0 Å². The highest BCUT2D eigenvalue weighted by Gasteiger charge is 2.57. The van der Waals surface area contributed by atoms with Gasteiger partial charge in [0, 0.05) is 18.8 Å². The summed E-state index contributed by atoms with van der Waals surface area (Å²) < 4.78 is 23.0. The van der Waals surface area contributed by atoms with Crippen LogP contribution in [0.3, 0.4) is 0 Å². The minimum atomic E-state index is -3.30. The maximum atomic E-state index is 12.5. The van der Waals surface area contributed by atoms with Crippen molar-refractivity contribution >= 4 is 27.1 Å². The molecule has 0 bridgehead atoms. The van der Waals surface area contributed by atoms with Crippen LogP contribution in [0.4, 0.5) is 0 Å². The number of carbonyl (C=O) groups excluding carboxylic acids is 1. The monoisotopic (exact) mass is 342 g/mol. The van der Waals surface area contributed by atoms with E-state index in [0.29, 0.717) is 6.54 Å². The third-order valence-electron chi connectivity index (χ3n) is 4.76. The van der Waals surface area contributed by atoms with Crippen molar-refractivity contribution in [3.63, 3.8) is 0 Å². The van der Waals surface area contributed by atoms with Gasteiger partial charge in [-0.05, 0) is 60.2 Å². The molecule has 1 N–H and O–H groups in total. The van der Waals surface area contributed by atoms with Crippen LogP contribution in [0.15, 0.2) is 16.8 Å². The molecule has 1 saturated carbocycles. The van der Waals surface area contributed by atoms with Gasteiger partial charge in [-0.25, -0.2) is 8.42 Å². The minimum absolute atomic E-state index is 0.198. The van der Waals surface area contributed by atoms with E-state index in [1.165, 1.54) is 0 Å². The van der Waals surface area contributed by atoms with Crippen molar-refractivity contribution in [3.8, 4) is 0 Å². The van der Waals surface area contributed by atoms with E-state index < -0.39 is 9.84 Å². The molecule has 1 spiro atoms. The molecule has 5 nitrogen and oxygen atoms in total. The largest absolute Gasteiger partial charge is 0.334 e. The Morgan fingerprint density at radius 3 is 2.77 bits per heavy atom. The highest BCUT2D eigenvalue weighted by atomic mass is 32.2. The van der Waals surface area contributed by atoms with Crippen molar-refractivity contribution in [1.29, 1.82) is 0 Å². The second-order valence-electron chi connectivity index (χ2n) is 6.56. The fourth-order valence-electron chi connectivity index (χ4n) is 3.49. The van der Waals surface area contributed by atoms with Gasteiger partial charge in [-0.3, -0.25) is 4.79 Å². The zero-order valence-electron chi connectivity index (χ0n) is 12.7. The first kappa shape index (κ1) is 16.0. The second kappa shape index (κ2) is 5.94. The highest BCUT2D eigenvalue weighted by molar-refractivity contribution is 7.91. The van der Waals surface area contributed by atoms with Crippen molar-refractivity contribution in [2.24, 2.45) is 5.41 Å². The number of piperidine rings is 1. The predicted octanol–water partition coefficient (Wildman–Crippen LogP) is 1.26. The first-order chi connectivity index (χ1) is 10.4. The van der Waals surface area contributed by atoms with E-state index in [-0.39, 0.29) is 23.1 Å². The third-order valence-corrected chi connectivity index (χ3v) is 6.26. The third kappa shape index (κ3) is 3.52. The summed E-state index contributed by atoms with van der Waals surface area (Å²) in [5, 5.41) is 7.37. The highest BCUT2D eigenvalue weighted by Crippen LogP contribution is 2.56. The van der Waals surface area contributed by atoms with Gasteiger partial charge in [0.2, 0.25) is 5.91 Å². The zero-order valence-corrected chi connectivity index (χ0v) is 14.4. The fourth-order valence-corrected chi connectivity index (χ4v) is 4.76. The van der Waals surface area contributed by atoms with Crippen molar-refractivity contribution < 1.29 is 13.2 Å². The zero-order chi connectivity index (χ0) is 15.8. The maximum absolute atomic E-state index is 12.5. The lowest BCUT2D eigenvalue weighted by atomic mass is 9.93. The Kier molecular flexibility index (Phi) is 4.31. The van der Waals surface area contributed by atoms with Gasteiger partial charge < -0.3 is 10.2 Å². The van der Waals surface area contributed by atoms with Crippen LogP contribution in [0.25, 0.3) is 0 Å². The van der Waals surface area contributed by atoms with E-state index in [0.717, 1.165) is 44.2 Å². The van der Waals surface area contributed by atoms with E-state index in [9.17, 15) is 13.2 Å². The topological polar surface area (TPSA) is 66.5 Å². The van der Waals surface area contributed by atoms with Gasteiger partial charge in [0.1, 0.15) is 5.75 Å². The van der Waals surface area contributed by atoms with Gasteiger partial charge in [0.25, 0.3) is 0 Å². The molecule has 3 rings (SSSR count). The maximum Gasteiger partial charge on any atom is 0.238 e. The summed E-state index contributed by atoms with van der Waals surface area (Å²) in [6.07, 6.45) is 4.28. The number of rotatable bonds is 5. The summed E-state index contributed by atoms with van der Waals surface area (Å²) in [6, 6.07) is 2.20. The SMILES string of the molecule is CS(=O)(=O)CC(=O)N(Cc1ccsc1)[C@@H]1CC12CCNCC2. The lowest BCUT2D eigenvalue weighted by Crippen LogP contribution is -2.41. The lowest BCUT2D eigenvalue weighted by molar-refractivity contribution is -0.130. The number of nitrogens with one attached hydrogen (secondary N) is 1. The van der Waals surface area contributed by atoms with E-state index in [1.807, 2.05) is 21.7 Å². The molecule has 0 unspecified atom stereocenters. The molecule has 2 fully saturated rings. The number of amides is 1. The second-order valence-corrected chi connectivity index (χ2v) is 9.48. The normalized spacial score (nSPS) is 23.4. The molecule has 1 saturated heterocycles. The van der Waals surface area contributed by atoms with E-state index in [4.69, 9.17) is 0 Å². The smallest absolute Gasteiger partial charge is 0.238 e. The molecule has 0 aromatic carbocycles. The summed E-state index contributed by atoms with van der Waals surface area (Å²) in [5.41, 5.74) is 1.30. The molecular formula is C15H22N2O3S2. The molecule has 2 aliphatic rings. The van der Waals surface area contributed by atoms with E-state index in [2.05, 4.69) is 5.32 Å². The van der Waals surface area contributed by atoms with Gasteiger partial charge in [-0.2, -0.15) is 11.3 Å². The Bertz CT molecular complexity index is 634. The standard InChI is InChI=1S/C15H22N2O3S2/c1-22(19,20)11-14(18)17(9-12-2-7-21-10-12)13-8-15(13)3-5-16-6-4-15/h2,7,10,13,16H,3-6,8-9,11H2,1H3/t13-/m1/s1. The summed E-state index contributed by atoms with van der Waals surface area (Å²) in [6.45, 7) is 2.50. The average molecular weight is 342 g/mol. The lowest BCUT2D eigenvalue weighted by Gasteiger charge is -2.29. The van der Waals surface area contributed by atoms with Crippen LogP contribution in [0, 0.1) is 5.41 Å². The molecule has 1 aliphatic heterocycles. The van der Waals surface area contributed by atoms with Crippen LogP contribution in [-0.2, 0) is 21.2 Å². The molecule has 2 heterocycles. The minimum Gasteiger partial charge on any atom is -0.334 e. The molecule has 0 radical (unpaired) electrons. The molecule has 122 valence electrons. The van der Waals surface area contributed by atoms with Crippen molar-refractivity contribution in [3.05, 3.63) is 22.4 Å². The number of thiophene rings is 1. The van der Waals surface area contributed by atoms with Gasteiger partial charge in [-0.15, -0.1) is 0 Å². The summed E-state index contributed by atoms with van der Waals surface area (Å²) in [5.74, 6) is -0.642. The van der Waals surface area contributed by atoms with Crippen LogP contribution in [-0.4, -0.2) is 50.4 Å².